The van der Waals surface area contributed by atoms with Gasteiger partial charge in [-0.1, -0.05) is 18.6 Å². The molecule has 1 aromatic heterocycles. The molecule has 1 aliphatic carbocycles. The minimum absolute atomic E-state index is 0.347. The highest BCUT2D eigenvalue weighted by molar-refractivity contribution is 5.82. The SMILES string of the molecule is OCC1CCCC1CNCc1cccc2[nH]ccc12. The van der Waals surface area contributed by atoms with E-state index in [0.717, 1.165) is 13.1 Å². The van der Waals surface area contributed by atoms with E-state index in [1.165, 1.54) is 35.7 Å². The Morgan fingerprint density at radius 2 is 2.11 bits per heavy atom. The number of aromatic nitrogens is 1. The van der Waals surface area contributed by atoms with Gasteiger partial charge in [0.15, 0.2) is 0 Å². The van der Waals surface area contributed by atoms with Crippen LogP contribution in [0.2, 0.25) is 0 Å². The summed E-state index contributed by atoms with van der Waals surface area (Å²) in [6, 6.07) is 8.53. The number of aliphatic hydroxyl groups is 1. The summed E-state index contributed by atoms with van der Waals surface area (Å²) < 4.78 is 0. The quantitative estimate of drug-likeness (QED) is 0.772. The lowest BCUT2D eigenvalue weighted by Crippen LogP contribution is -2.26. The lowest BCUT2D eigenvalue weighted by molar-refractivity contribution is 0.192. The van der Waals surface area contributed by atoms with Crippen LogP contribution in [0.1, 0.15) is 24.8 Å². The number of fused-ring (bicyclic) bond motifs is 1. The topological polar surface area (TPSA) is 48.0 Å². The Labute approximate surface area is 114 Å². The number of H-pyrrole nitrogens is 1. The van der Waals surface area contributed by atoms with Gasteiger partial charge in [-0.3, -0.25) is 0 Å². The van der Waals surface area contributed by atoms with E-state index in [2.05, 4.69) is 34.6 Å². The molecule has 0 amide bonds. The second-order valence-electron chi connectivity index (χ2n) is 5.62. The van der Waals surface area contributed by atoms with Gasteiger partial charge < -0.3 is 15.4 Å². The molecule has 2 unspecified atom stereocenters. The molecule has 0 saturated heterocycles. The molecule has 1 aromatic carbocycles. The van der Waals surface area contributed by atoms with Gasteiger partial charge in [0.1, 0.15) is 0 Å². The van der Waals surface area contributed by atoms with Crippen LogP contribution in [0, 0.1) is 11.8 Å². The molecule has 0 spiro atoms. The third kappa shape index (κ3) is 2.67. The van der Waals surface area contributed by atoms with Crippen molar-refractivity contribution in [3.05, 3.63) is 36.0 Å². The van der Waals surface area contributed by atoms with E-state index in [9.17, 15) is 5.11 Å². The number of rotatable bonds is 5. The lowest BCUT2D eigenvalue weighted by atomic mass is 9.97. The summed E-state index contributed by atoms with van der Waals surface area (Å²) in [6.45, 7) is 2.27. The van der Waals surface area contributed by atoms with Crippen LogP contribution in [0.25, 0.3) is 10.9 Å². The summed E-state index contributed by atoms with van der Waals surface area (Å²) in [4.78, 5) is 3.25. The van der Waals surface area contributed by atoms with Crippen molar-refractivity contribution in [3.8, 4) is 0 Å². The Morgan fingerprint density at radius 3 is 3.00 bits per heavy atom. The van der Waals surface area contributed by atoms with E-state index in [-0.39, 0.29) is 0 Å². The first-order chi connectivity index (χ1) is 9.38. The van der Waals surface area contributed by atoms with Crippen molar-refractivity contribution in [3.63, 3.8) is 0 Å². The van der Waals surface area contributed by atoms with E-state index in [4.69, 9.17) is 0 Å². The molecule has 1 saturated carbocycles. The molecule has 2 aromatic rings. The lowest BCUT2D eigenvalue weighted by Gasteiger charge is -2.18. The maximum atomic E-state index is 9.33. The van der Waals surface area contributed by atoms with Gasteiger partial charge in [-0.15, -0.1) is 0 Å². The molecular weight excluding hydrogens is 236 g/mol. The number of aliphatic hydroxyl groups excluding tert-OH is 1. The Bertz CT molecular complexity index is 534. The van der Waals surface area contributed by atoms with Gasteiger partial charge in [-0.25, -0.2) is 0 Å². The van der Waals surface area contributed by atoms with E-state index in [0.29, 0.717) is 18.4 Å². The molecule has 1 heterocycles. The van der Waals surface area contributed by atoms with Gasteiger partial charge >= 0.3 is 0 Å². The third-order valence-corrected chi connectivity index (χ3v) is 4.46. The van der Waals surface area contributed by atoms with E-state index < -0.39 is 0 Å². The first kappa shape index (κ1) is 12.7. The Balaban J connectivity index is 1.59. The standard InChI is InChI=1S/C16H22N2O/c19-11-14-5-1-3-12(14)9-17-10-13-4-2-6-16-15(13)7-8-18-16/h2,4,6-8,12,14,17-19H,1,3,5,9-11H2. The second-order valence-corrected chi connectivity index (χ2v) is 5.62. The highest BCUT2D eigenvalue weighted by Crippen LogP contribution is 2.30. The van der Waals surface area contributed by atoms with E-state index >= 15 is 0 Å². The highest BCUT2D eigenvalue weighted by Gasteiger charge is 2.25. The summed E-state index contributed by atoms with van der Waals surface area (Å²) in [7, 11) is 0. The van der Waals surface area contributed by atoms with Crippen LogP contribution in [-0.4, -0.2) is 23.2 Å². The number of aromatic amines is 1. The minimum atomic E-state index is 0.347. The fraction of sp³-hybridized carbons (Fsp3) is 0.500. The summed E-state index contributed by atoms with van der Waals surface area (Å²) >= 11 is 0. The number of nitrogens with one attached hydrogen (secondary N) is 2. The first-order valence-corrected chi connectivity index (χ1v) is 7.25. The van der Waals surface area contributed by atoms with Crippen molar-refractivity contribution < 1.29 is 5.11 Å². The fourth-order valence-corrected chi connectivity index (χ4v) is 3.32. The zero-order chi connectivity index (χ0) is 13.1. The van der Waals surface area contributed by atoms with Crippen LogP contribution in [0.3, 0.4) is 0 Å². The van der Waals surface area contributed by atoms with Gasteiger partial charge in [0.2, 0.25) is 0 Å². The zero-order valence-electron chi connectivity index (χ0n) is 11.2. The molecule has 2 atom stereocenters. The highest BCUT2D eigenvalue weighted by atomic mass is 16.3. The predicted octanol–water partition coefficient (Wildman–Crippen LogP) is 2.67. The van der Waals surface area contributed by atoms with Crippen molar-refractivity contribution in [1.29, 1.82) is 0 Å². The van der Waals surface area contributed by atoms with Gasteiger partial charge in [0, 0.05) is 30.3 Å². The van der Waals surface area contributed by atoms with Crippen LogP contribution in [0.5, 0.6) is 0 Å². The van der Waals surface area contributed by atoms with Crippen LogP contribution in [-0.2, 0) is 6.54 Å². The molecule has 19 heavy (non-hydrogen) atoms. The smallest absolute Gasteiger partial charge is 0.0462 e. The molecule has 0 radical (unpaired) electrons. The fourth-order valence-electron chi connectivity index (χ4n) is 3.32. The molecule has 3 heteroatoms. The molecule has 3 rings (SSSR count). The summed E-state index contributed by atoms with van der Waals surface area (Å²) in [5.74, 6) is 1.16. The number of hydrogen-bond donors (Lipinski definition) is 3. The van der Waals surface area contributed by atoms with E-state index in [1.54, 1.807) is 0 Å². The van der Waals surface area contributed by atoms with Crippen molar-refractivity contribution in [2.75, 3.05) is 13.2 Å². The maximum absolute atomic E-state index is 9.33. The third-order valence-electron chi connectivity index (χ3n) is 4.46. The average molecular weight is 258 g/mol. The second kappa shape index (κ2) is 5.76. The molecule has 3 nitrogen and oxygen atoms in total. The molecule has 0 bridgehead atoms. The number of benzene rings is 1. The average Bonchev–Trinajstić information content (AvgIpc) is 3.07. The largest absolute Gasteiger partial charge is 0.396 e. The van der Waals surface area contributed by atoms with Crippen molar-refractivity contribution in [1.82, 2.24) is 10.3 Å². The molecule has 3 N–H and O–H groups in total. The first-order valence-electron chi connectivity index (χ1n) is 7.25. The Hall–Kier alpha value is -1.32. The summed E-state index contributed by atoms with van der Waals surface area (Å²) in [5, 5.41) is 14.2. The van der Waals surface area contributed by atoms with Crippen LogP contribution in [0.4, 0.5) is 0 Å². The van der Waals surface area contributed by atoms with Gasteiger partial charge in [0.25, 0.3) is 0 Å². The monoisotopic (exact) mass is 258 g/mol. The Morgan fingerprint density at radius 1 is 1.21 bits per heavy atom. The van der Waals surface area contributed by atoms with Crippen LogP contribution in [0.15, 0.2) is 30.5 Å². The maximum Gasteiger partial charge on any atom is 0.0462 e. The molecule has 1 aliphatic rings. The van der Waals surface area contributed by atoms with Gasteiger partial charge in [-0.2, -0.15) is 0 Å². The molecule has 0 aliphatic heterocycles. The van der Waals surface area contributed by atoms with Crippen molar-refractivity contribution in [2.45, 2.75) is 25.8 Å². The summed E-state index contributed by atoms with van der Waals surface area (Å²) in [6.07, 6.45) is 5.71. The molecule has 102 valence electrons. The number of hydrogen-bond acceptors (Lipinski definition) is 2. The summed E-state index contributed by atoms with van der Waals surface area (Å²) in [5.41, 5.74) is 2.55. The van der Waals surface area contributed by atoms with Crippen LogP contribution >= 0.6 is 0 Å². The van der Waals surface area contributed by atoms with Crippen molar-refractivity contribution >= 4 is 10.9 Å². The van der Waals surface area contributed by atoms with Gasteiger partial charge in [-0.05, 0) is 48.9 Å². The minimum Gasteiger partial charge on any atom is -0.396 e. The normalized spacial score (nSPS) is 23.2. The predicted molar refractivity (Wildman–Crippen MR) is 77.9 cm³/mol. The zero-order valence-corrected chi connectivity index (χ0v) is 11.2. The Kier molecular flexibility index (Phi) is 3.85. The molecular formula is C16H22N2O. The van der Waals surface area contributed by atoms with Crippen molar-refractivity contribution in [2.24, 2.45) is 11.8 Å². The molecule has 1 fully saturated rings. The van der Waals surface area contributed by atoms with Gasteiger partial charge in [0.05, 0.1) is 0 Å². The van der Waals surface area contributed by atoms with E-state index in [1.807, 2.05) is 6.20 Å². The van der Waals surface area contributed by atoms with Crippen LogP contribution < -0.4 is 5.32 Å².